The van der Waals surface area contributed by atoms with Gasteiger partial charge in [-0.1, -0.05) is 42.2 Å². The summed E-state index contributed by atoms with van der Waals surface area (Å²) in [4.78, 5) is 14.7. The van der Waals surface area contributed by atoms with Crippen molar-refractivity contribution in [3.8, 4) is 0 Å². The second-order valence-corrected chi connectivity index (χ2v) is 6.40. The number of hydrogen-bond donors (Lipinski definition) is 0. The molecule has 0 radical (unpaired) electrons. The fourth-order valence-corrected chi connectivity index (χ4v) is 3.49. The van der Waals surface area contributed by atoms with Gasteiger partial charge in [-0.2, -0.15) is 0 Å². The number of para-hydroxylation sites is 1. The van der Waals surface area contributed by atoms with Crippen molar-refractivity contribution in [3.63, 3.8) is 0 Å². The molecule has 0 atom stereocenters. The Balaban J connectivity index is 1.96. The van der Waals surface area contributed by atoms with E-state index in [1.165, 1.54) is 11.8 Å². The summed E-state index contributed by atoms with van der Waals surface area (Å²) in [7, 11) is 0. The van der Waals surface area contributed by atoms with Crippen LogP contribution >= 0.6 is 24.0 Å². The van der Waals surface area contributed by atoms with E-state index in [4.69, 9.17) is 16.6 Å². The molecular weight excluding hydrogens is 302 g/mol. The molecule has 0 unspecified atom stereocenters. The zero-order valence-corrected chi connectivity index (χ0v) is 13.3. The lowest BCUT2D eigenvalue weighted by Crippen LogP contribution is -2.27. The summed E-state index contributed by atoms with van der Waals surface area (Å²) in [6.07, 6.45) is 1.84. The van der Waals surface area contributed by atoms with E-state index in [1.54, 1.807) is 4.90 Å². The van der Waals surface area contributed by atoms with Crippen LogP contribution in [-0.4, -0.2) is 10.2 Å². The number of amides is 1. The van der Waals surface area contributed by atoms with E-state index in [1.807, 2.05) is 56.3 Å². The molecule has 0 aliphatic carbocycles. The predicted molar refractivity (Wildman–Crippen MR) is 90.3 cm³/mol. The molecule has 1 amide bonds. The van der Waals surface area contributed by atoms with Crippen LogP contribution in [0.25, 0.3) is 6.08 Å². The van der Waals surface area contributed by atoms with E-state index in [0.29, 0.717) is 9.23 Å². The highest BCUT2D eigenvalue weighted by molar-refractivity contribution is 8.27. The van der Waals surface area contributed by atoms with Crippen LogP contribution in [0.3, 0.4) is 0 Å². The second-order valence-electron chi connectivity index (χ2n) is 4.72. The maximum atomic E-state index is 12.6. The summed E-state index contributed by atoms with van der Waals surface area (Å²) in [6.45, 7) is 3.77. The molecule has 5 heteroatoms. The van der Waals surface area contributed by atoms with Gasteiger partial charge in [0, 0.05) is 5.56 Å². The van der Waals surface area contributed by atoms with Crippen molar-refractivity contribution in [1.82, 2.24) is 0 Å². The quantitative estimate of drug-likeness (QED) is 0.611. The first-order chi connectivity index (χ1) is 10.1. The van der Waals surface area contributed by atoms with Gasteiger partial charge in [-0.05, 0) is 38.1 Å². The van der Waals surface area contributed by atoms with Gasteiger partial charge in [0.1, 0.15) is 11.5 Å². The SMILES string of the molecule is Cc1cc(/C=C2\SC(=S)N(c3ccccc3)C2=O)c(C)o1. The molecule has 1 aromatic carbocycles. The number of carbonyl (C=O) groups excluding carboxylic acids is 1. The summed E-state index contributed by atoms with van der Waals surface area (Å²) in [5.74, 6) is 1.55. The van der Waals surface area contributed by atoms with Crippen molar-refractivity contribution in [3.05, 3.63) is 58.4 Å². The van der Waals surface area contributed by atoms with Gasteiger partial charge in [0.05, 0.1) is 10.6 Å². The highest BCUT2D eigenvalue weighted by Gasteiger charge is 2.33. The molecule has 0 bridgehead atoms. The van der Waals surface area contributed by atoms with Crippen LogP contribution in [-0.2, 0) is 4.79 Å². The van der Waals surface area contributed by atoms with Crippen molar-refractivity contribution in [2.75, 3.05) is 4.90 Å². The lowest BCUT2D eigenvalue weighted by molar-refractivity contribution is -0.113. The smallest absolute Gasteiger partial charge is 0.270 e. The Bertz CT molecular complexity index is 747. The molecule has 3 nitrogen and oxygen atoms in total. The number of nitrogens with zero attached hydrogens (tertiary/aromatic N) is 1. The molecule has 21 heavy (non-hydrogen) atoms. The number of aryl methyl sites for hydroxylation is 2. The Morgan fingerprint density at radius 2 is 1.95 bits per heavy atom. The van der Waals surface area contributed by atoms with Gasteiger partial charge >= 0.3 is 0 Å². The summed E-state index contributed by atoms with van der Waals surface area (Å²) in [6, 6.07) is 11.4. The number of anilines is 1. The van der Waals surface area contributed by atoms with Gasteiger partial charge < -0.3 is 4.42 Å². The zero-order valence-electron chi connectivity index (χ0n) is 11.6. The van der Waals surface area contributed by atoms with Crippen LogP contribution in [0.5, 0.6) is 0 Å². The average Bonchev–Trinajstić information content (AvgIpc) is 2.91. The summed E-state index contributed by atoms with van der Waals surface area (Å²) < 4.78 is 6.04. The zero-order chi connectivity index (χ0) is 15.0. The lowest BCUT2D eigenvalue weighted by Gasteiger charge is -2.13. The minimum absolute atomic E-state index is 0.0885. The number of benzene rings is 1. The average molecular weight is 315 g/mol. The topological polar surface area (TPSA) is 33.5 Å². The molecule has 0 N–H and O–H groups in total. The first kappa shape index (κ1) is 14.1. The first-order valence-corrected chi connectivity index (χ1v) is 7.69. The predicted octanol–water partition coefficient (Wildman–Crippen LogP) is 4.30. The highest BCUT2D eigenvalue weighted by Crippen LogP contribution is 2.36. The number of furan rings is 1. The van der Waals surface area contributed by atoms with Crippen LogP contribution in [0.15, 0.2) is 45.7 Å². The molecule has 2 heterocycles. The molecular formula is C16H13NO2S2. The molecule has 1 fully saturated rings. The Labute approximate surface area is 132 Å². The van der Waals surface area contributed by atoms with Crippen molar-refractivity contribution < 1.29 is 9.21 Å². The van der Waals surface area contributed by atoms with E-state index in [2.05, 4.69) is 0 Å². The van der Waals surface area contributed by atoms with E-state index in [9.17, 15) is 4.79 Å². The van der Waals surface area contributed by atoms with E-state index >= 15 is 0 Å². The fourth-order valence-electron chi connectivity index (χ4n) is 2.20. The van der Waals surface area contributed by atoms with E-state index < -0.39 is 0 Å². The van der Waals surface area contributed by atoms with Crippen LogP contribution in [0.1, 0.15) is 17.1 Å². The third-order valence-corrected chi connectivity index (χ3v) is 4.48. The normalized spacial score (nSPS) is 17.0. The number of hydrogen-bond acceptors (Lipinski definition) is 4. The maximum Gasteiger partial charge on any atom is 0.270 e. The highest BCUT2D eigenvalue weighted by atomic mass is 32.2. The van der Waals surface area contributed by atoms with E-state index in [0.717, 1.165) is 22.8 Å². The summed E-state index contributed by atoms with van der Waals surface area (Å²) >= 11 is 6.65. The van der Waals surface area contributed by atoms with E-state index in [-0.39, 0.29) is 5.91 Å². The standard InChI is InChI=1S/C16H13NO2S2/c1-10-8-12(11(2)19-10)9-14-15(18)17(16(20)21-14)13-6-4-3-5-7-13/h3-9H,1-2H3/b14-9-. The van der Waals surface area contributed by atoms with Crippen molar-refractivity contribution in [1.29, 1.82) is 0 Å². The Hall–Kier alpha value is -1.85. The van der Waals surface area contributed by atoms with Crippen LogP contribution in [0.2, 0.25) is 0 Å². The lowest BCUT2D eigenvalue weighted by atomic mass is 10.2. The third-order valence-electron chi connectivity index (χ3n) is 3.17. The first-order valence-electron chi connectivity index (χ1n) is 6.46. The van der Waals surface area contributed by atoms with Crippen LogP contribution in [0.4, 0.5) is 5.69 Å². The molecule has 0 saturated carbocycles. The number of carbonyl (C=O) groups is 1. The molecule has 3 rings (SSSR count). The monoisotopic (exact) mass is 315 g/mol. The molecule has 1 aromatic heterocycles. The largest absolute Gasteiger partial charge is 0.466 e. The second kappa shape index (κ2) is 5.50. The van der Waals surface area contributed by atoms with Gasteiger partial charge in [-0.15, -0.1) is 0 Å². The van der Waals surface area contributed by atoms with Gasteiger partial charge in [-0.25, -0.2) is 0 Å². The summed E-state index contributed by atoms with van der Waals surface area (Å²) in [5.41, 5.74) is 1.71. The van der Waals surface area contributed by atoms with Gasteiger partial charge in [0.25, 0.3) is 5.91 Å². The van der Waals surface area contributed by atoms with Gasteiger partial charge in [-0.3, -0.25) is 9.69 Å². The van der Waals surface area contributed by atoms with Gasteiger partial charge in [0.15, 0.2) is 4.32 Å². The number of rotatable bonds is 2. The third kappa shape index (κ3) is 2.66. The number of thioether (sulfide) groups is 1. The molecule has 0 spiro atoms. The molecule has 106 valence electrons. The summed E-state index contributed by atoms with van der Waals surface area (Å²) in [5, 5.41) is 0. The van der Waals surface area contributed by atoms with Crippen molar-refractivity contribution in [2.24, 2.45) is 0 Å². The van der Waals surface area contributed by atoms with Crippen LogP contribution in [0, 0.1) is 13.8 Å². The van der Waals surface area contributed by atoms with Crippen molar-refractivity contribution >= 4 is 46.0 Å². The van der Waals surface area contributed by atoms with Crippen molar-refractivity contribution in [2.45, 2.75) is 13.8 Å². The van der Waals surface area contributed by atoms with Gasteiger partial charge in [0.2, 0.25) is 0 Å². The molecule has 2 aromatic rings. The molecule has 1 aliphatic heterocycles. The Kier molecular flexibility index (Phi) is 3.69. The maximum absolute atomic E-state index is 12.6. The molecule has 1 saturated heterocycles. The minimum atomic E-state index is -0.0885. The number of thiocarbonyl (C=S) groups is 1. The molecule has 1 aliphatic rings. The minimum Gasteiger partial charge on any atom is -0.466 e. The Morgan fingerprint density at radius 3 is 2.57 bits per heavy atom. The Morgan fingerprint density at radius 1 is 1.24 bits per heavy atom. The van der Waals surface area contributed by atoms with Crippen LogP contribution < -0.4 is 4.90 Å². The fraction of sp³-hybridized carbons (Fsp3) is 0.125.